The Bertz CT molecular complexity index is 597. The van der Waals surface area contributed by atoms with E-state index in [1.807, 2.05) is 0 Å². The first kappa shape index (κ1) is 11.7. The minimum absolute atomic E-state index is 0.288. The first-order valence-corrected chi connectivity index (χ1v) is 6.73. The molecular weight excluding hydrogens is 236 g/mol. The van der Waals surface area contributed by atoms with Crippen LogP contribution in [0.2, 0.25) is 0 Å². The maximum absolute atomic E-state index is 11.7. The van der Waals surface area contributed by atoms with E-state index >= 15 is 0 Å². The number of unbranched alkanes of at least 4 members (excludes halogenated alkanes) is 1. The van der Waals surface area contributed by atoms with E-state index in [-0.39, 0.29) is 4.90 Å². The number of aliphatic imine (C=N–C) groups is 1. The van der Waals surface area contributed by atoms with Gasteiger partial charge < -0.3 is 0 Å². The SMILES string of the molecule is C#CCCCN=C1NS(=O)(=O)c2ccccc21. The number of terminal acetylenes is 1. The highest BCUT2D eigenvalue weighted by Crippen LogP contribution is 2.22. The third-order valence-electron chi connectivity index (χ3n) is 2.41. The molecule has 0 spiro atoms. The number of nitrogens with one attached hydrogen (secondary N) is 1. The van der Waals surface area contributed by atoms with Gasteiger partial charge in [0.25, 0.3) is 10.0 Å². The fourth-order valence-corrected chi connectivity index (χ4v) is 2.87. The largest absolute Gasteiger partial charge is 0.267 e. The molecule has 1 aliphatic heterocycles. The maximum atomic E-state index is 11.7. The van der Waals surface area contributed by atoms with Crippen molar-refractivity contribution in [2.45, 2.75) is 17.7 Å². The van der Waals surface area contributed by atoms with Crippen molar-refractivity contribution in [2.75, 3.05) is 6.54 Å². The summed E-state index contributed by atoms with van der Waals surface area (Å²) in [7, 11) is -3.42. The molecule has 0 saturated carbocycles. The Morgan fingerprint density at radius 1 is 1.35 bits per heavy atom. The molecule has 0 fully saturated rings. The number of amidine groups is 1. The van der Waals surface area contributed by atoms with Crippen LogP contribution in [0.5, 0.6) is 0 Å². The second kappa shape index (κ2) is 4.60. The van der Waals surface area contributed by atoms with Crippen molar-refractivity contribution in [3.05, 3.63) is 29.8 Å². The minimum Gasteiger partial charge on any atom is -0.267 e. The van der Waals surface area contributed by atoms with Crippen molar-refractivity contribution >= 4 is 15.9 Å². The Morgan fingerprint density at radius 2 is 2.12 bits per heavy atom. The average Bonchev–Trinajstić information content (AvgIpc) is 2.58. The van der Waals surface area contributed by atoms with Gasteiger partial charge in [-0.3, -0.25) is 9.71 Å². The fraction of sp³-hybridized carbons (Fsp3) is 0.250. The van der Waals surface area contributed by atoms with Crippen molar-refractivity contribution in [3.8, 4) is 12.3 Å². The number of benzene rings is 1. The lowest BCUT2D eigenvalue weighted by molar-refractivity contribution is 0.595. The standard InChI is InChI=1S/C12H12N2O2S/c1-2-3-6-9-13-12-10-7-4-5-8-11(10)17(15,16)14-12/h1,4-5,7-8H,3,6,9H2,(H,13,14). The van der Waals surface area contributed by atoms with E-state index in [1.165, 1.54) is 0 Å². The predicted octanol–water partition coefficient (Wildman–Crippen LogP) is 1.14. The molecule has 88 valence electrons. The Morgan fingerprint density at radius 3 is 2.88 bits per heavy atom. The molecule has 0 amide bonds. The van der Waals surface area contributed by atoms with Crippen LogP contribution in [-0.4, -0.2) is 20.8 Å². The van der Waals surface area contributed by atoms with Crippen LogP contribution < -0.4 is 4.72 Å². The van der Waals surface area contributed by atoms with Crippen LogP contribution in [-0.2, 0) is 10.0 Å². The van der Waals surface area contributed by atoms with Gasteiger partial charge in [-0.1, -0.05) is 12.1 Å². The lowest BCUT2D eigenvalue weighted by atomic mass is 10.2. The van der Waals surface area contributed by atoms with Crippen LogP contribution in [0.25, 0.3) is 0 Å². The summed E-state index contributed by atoms with van der Waals surface area (Å²) in [5.41, 5.74) is 0.633. The van der Waals surface area contributed by atoms with E-state index in [9.17, 15) is 8.42 Å². The molecule has 0 radical (unpaired) electrons. The van der Waals surface area contributed by atoms with Gasteiger partial charge in [0.15, 0.2) is 0 Å². The van der Waals surface area contributed by atoms with Crippen molar-refractivity contribution in [1.82, 2.24) is 4.72 Å². The van der Waals surface area contributed by atoms with Crippen LogP contribution in [0.1, 0.15) is 18.4 Å². The van der Waals surface area contributed by atoms with Crippen LogP contribution in [0.15, 0.2) is 34.2 Å². The Labute approximate surface area is 101 Å². The predicted molar refractivity (Wildman–Crippen MR) is 66.2 cm³/mol. The number of fused-ring (bicyclic) bond motifs is 1. The van der Waals surface area contributed by atoms with Crippen LogP contribution in [0, 0.1) is 12.3 Å². The van der Waals surface area contributed by atoms with Gasteiger partial charge in [-0.2, -0.15) is 0 Å². The summed E-state index contributed by atoms with van der Waals surface area (Å²) in [4.78, 5) is 4.52. The number of rotatable bonds is 3. The van der Waals surface area contributed by atoms with E-state index in [2.05, 4.69) is 15.6 Å². The van der Waals surface area contributed by atoms with Gasteiger partial charge in [0, 0.05) is 18.5 Å². The molecule has 1 aromatic rings. The molecule has 0 aliphatic carbocycles. The second-order valence-corrected chi connectivity index (χ2v) is 5.29. The lowest BCUT2D eigenvalue weighted by Gasteiger charge is -1.97. The summed E-state index contributed by atoms with van der Waals surface area (Å²) in [5, 5.41) is 0. The molecule has 1 heterocycles. The highest BCUT2D eigenvalue weighted by Gasteiger charge is 2.29. The van der Waals surface area contributed by atoms with Crippen molar-refractivity contribution in [2.24, 2.45) is 4.99 Å². The highest BCUT2D eigenvalue weighted by molar-refractivity contribution is 7.90. The molecular formula is C12H12N2O2S. The zero-order chi connectivity index (χ0) is 12.3. The maximum Gasteiger partial charge on any atom is 0.263 e. The molecule has 0 unspecified atom stereocenters. The first-order valence-electron chi connectivity index (χ1n) is 5.25. The monoisotopic (exact) mass is 248 g/mol. The summed E-state index contributed by atoms with van der Waals surface area (Å²) in [5.74, 6) is 2.94. The molecule has 0 atom stereocenters. The second-order valence-electron chi connectivity index (χ2n) is 3.64. The van der Waals surface area contributed by atoms with Gasteiger partial charge in [-0.05, 0) is 18.6 Å². The number of hydrogen-bond donors (Lipinski definition) is 1. The van der Waals surface area contributed by atoms with Gasteiger partial charge in [0.05, 0.1) is 4.90 Å². The molecule has 1 aromatic carbocycles. The Hall–Kier alpha value is -1.80. The first-order chi connectivity index (χ1) is 8.15. The lowest BCUT2D eigenvalue weighted by Crippen LogP contribution is -2.22. The van der Waals surface area contributed by atoms with Gasteiger partial charge in [-0.25, -0.2) is 8.42 Å². The van der Waals surface area contributed by atoms with Gasteiger partial charge in [0.2, 0.25) is 0 Å². The third-order valence-corrected chi connectivity index (χ3v) is 3.81. The number of sulfonamides is 1. The van der Waals surface area contributed by atoms with Crippen molar-refractivity contribution < 1.29 is 8.42 Å². The van der Waals surface area contributed by atoms with E-state index in [0.29, 0.717) is 24.4 Å². The quantitative estimate of drug-likeness (QED) is 0.644. The van der Waals surface area contributed by atoms with E-state index < -0.39 is 10.0 Å². The van der Waals surface area contributed by atoms with Gasteiger partial charge >= 0.3 is 0 Å². The summed E-state index contributed by atoms with van der Waals surface area (Å²) >= 11 is 0. The minimum atomic E-state index is -3.42. The van der Waals surface area contributed by atoms with Crippen LogP contribution in [0.3, 0.4) is 0 Å². The molecule has 0 bridgehead atoms. The van der Waals surface area contributed by atoms with Gasteiger partial charge in [-0.15, -0.1) is 12.3 Å². The van der Waals surface area contributed by atoms with Crippen molar-refractivity contribution in [1.29, 1.82) is 0 Å². The number of hydrogen-bond acceptors (Lipinski definition) is 3. The zero-order valence-electron chi connectivity index (χ0n) is 9.18. The summed E-state index contributed by atoms with van der Waals surface area (Å²) in [6, 6.07) is 6.80. The third kappa shape index (κ3) is 2.32. The smallest absolute Gasteiger partial charge is 0.263 e. The van der Waals surface area contributed by atoms with E-state index in [0.717, 1.165) is 6.42 Å². The molecule has 2 rings (SSSR count). The van der Waals surface area contributed by atoms with Gasteiger partial charge in [0.1, 0.15) is 5.84 Å². The number of nitrogens with zero attached hydrogens (tertiary/aromatic N) is 1. The highest BCUT2D eigenvalue weighted by atomic mass is 32.2. The van der Waals surface area contributed by atoms with Crippen molar-refractivity contribution in [3.63, 3.8) is 0 Å². The Kier molecular flexibility index (Phi) is 3.16. The fourth-order valence-electron chi connectivity index (χ4n) is 1.62. The molecule has 1 aliphatic rings. The molecule has 4 nitrogen and oxygen atoms in total. The molecule has 5 heteroatoms. The summed E-state index contributed by atoms with van der Waals surface area (Å²) < 4.78 is 25.9. The molecule has 0 aromatic heterocycles. The summed E-state index contributed by atoms with van der Waals surface area (Å²) in [6.07, 6.45) is 6.53. The normalized spacial score (nSPS) is 18.4. The zero-order valence-corrected chi connectivity index (χ0v) is 10.00. The molecule has 17 heavy (non-hydrogen) atoms. The van der Waals surface area contributed by atoms with Crippen LogP contribution >= 0.6 is 0 Å². The molecule has 0 saturated heterocycles. The van der Waals surface area contributed by atoms with E-state index in [4.69, 9.17) is 6.42 Å². The summed E-state index contributed by atoms with van der Waals surface area (Å²) in [6.45, 7) is 0.524. The Balaban J connectivity index is 2.27. The van der Waals surface area contributed by atoms with E-state index in [1.54, 1.807) is 24.3 Å². The topological polar surface area (TPSA) is 58.5 Å². The molecule has 1 N–H and O–H groups in total. The van der Waals surface area contributed by atoms with Crippen LogP contribution in [0.4, 0.5) is 0 Å². The average molecular weight is 248 g/mol.